The highest BCUT2D eigenvalue weighted by Gasteiger charge is 2.10. The summed E-state index contributed by atoms with van der Waals surface area (Å²) in [6.07, 6.45) is 0. The van der Waals surface area contributed by atoms with E-state index in [1.54, 1.807) is 19.1 Å². The van der Waals surface area contributed by atoms with Crippen LogP contribution in [0.3, 0.4) is 0 Å². The van der Waals surface area contributed by atoms with Crippen LogP contribution in [0.15, 0.2) is 24.3 Å². The second kappa shape index (κ2) is 4.34. The molecule has 17 heavy (non-hydrogen) atoms. The normalized spacial score (nSPS) is 10.6. The van der Waals surface area contributed by atoms with Crippen molar-refractivity contribution in [2.75, 3.05) is 5.73 Å². The maximum absolute atomic E-state index is 13.3. The molecule has 0 atom stereocenters. The van der Waals surface area contributed by atoms with Crippen molar-refractivity contribution in [2.24, 2.45) is 0 Å². The first kappa shape index (κ1) is 11.9. The van der Waals surface area contributed by atoms with Crippen LogP contribution in [0.25, 0.3) is 11.1 Å². The minimum absolute atomic E-state index is 0.306. The number of aryl methyl sites for hydroxylation is 2. The van der Waals surface area contributed by atoms with Crippen molar-refractivity contribution in [3.63, 3.8) is 0 Å². The Labute approximate surface area is 104 Å². The number of hydrogen-bond acceptors (Lipinski definition) is 2. The lowest BCUT2D eigenvalue weighted by Gasteiger charge is -2.09. The van der Waals surface area contributed by atoms with Gasteiger partial charge in [0.2, 0.25) is 0 Å². The van der Waals surface area contributed by atoms with Crippen LogP contribution in [0, 0.1) is 19.7 Å². The summed E-state index contributed by atoms with van der Waals surface area (Å²) in [4.78, 5) is 4.17. The highest BCUT2D eigenvalue weighted by Crippen LogP contribution is 2.32. The highest BCUT2D eigenvalue weighted by molar-refractivity contribution is 6.33. The zero-order valence-corrected chi connectivity index (χ0v) is 10.3. The Morgan fingerprint density at radius 1 is 1.18 bits per heavy atom. The van der Waals surface area contributed by atoms with Gasteiger partial charge in [-0.25, -0.2) is 9.37 Å². The summed E-state index contributed by atoms with van der Waals surface area (Å²) in [5.41, 5.74) is 8.57. The van der Waals surface area contributed by atoms with Crippen LogP contribution in [-0.4, -0.2) is 4.98 Å². The molecule has 0 amide bonds. The van der Waals surface area contributed by atoms with Crippen LogP contribution in [0.5, 0.6) is 0 Å². The van der Waals surface area contributed by atoms with E-state index >= 15 is 0 Å². The molecule has 0 fully saturated rings. The Bertz CT molecular complexity index is 582. The molecule has 0 aliphatic carbocycles. The zero-order valence-electron chi connectivity index (χ0n) is 9.59. The number of aromatic nitrogens is 1. The molecule has 0 unspecified atom stereocenters. The quantitative estimate of drug-likeness (QED) is 0.837. The molecule has 0 saturated heterocycles. The molecule has 0 saturated carbocycles. The fourth-order valence-corrected chi connectivity index (χ4v) is 1.98. The molecule has 0 aliphatic rings. The topological polar surface area (TPSA) is 38.9 Å². The van der Waals surface area contributed by atoms with Crippen LogP contribution in [0.4, 0.5) is 10.2 Å². The lowest BCUT2D eigenvalue weighted by molar-refractivity contribution is 0.619. The molecule has 88 valence electrons. The van der Waals surface area contributed by atoms with Crippen molar-refractivity contribution in [3.8, 4) is 11.1 Å². The van der Waals surface area contributed by atoms with Crippen molar-refractivity contribution in [2.45, 2.75) is 13.8 Å². The number of rotatable bonds is 1. The molecule has 0 aliphatic heterocycles. The third-order valence-electron chi connectivity index (χ3n) is 2.65. The molecular weight excluding hydrogens is 239 g/mol. The van der Waals surface area contributed by atoms with Crippen molar-refractivity contribution in [1.29, 1.82) is 0 Å². The van der Waals surface area contributed by atoms with Gasteiger partial charge in [0.05, 0.1) is 5.02 Å². The third kappa shape index (κ3) is 2.24. The average Bonchev–Trinajstić information content (AvgIpc) is 2.24. The Hall–Kier alpha value is -1.61. The van der Waals surface area contributed by atoms with E-state index in [0.29, 0.717) is 16.4 Å². The predicted octanol–water partition coefficient (Wildman–Crippen LogP) is 3.74. The maximum atomic E-state index is 13.3. The SMILES string of the molecule is Cc1cc(-c2ccc(N)nc2C)c(Cl)cc1F. The highest BCUT2D eigenvalue weighted by atomic mass is 35.5. The van der Waals surface area contributed by atoms with Crippen molar-refractivity contribution < 1.29 is 4.39 Å². The number of hydrogen-bond donors (Lipinski definition) is 1. The van der Waals surface area contributed by atoms with Crippen molar-refractivity contribution in [3.05, 3.63) is 46.4 Å². The first-order chi connectivity index (χ1) is 7.99. The molecule has 1 aromatic carbocycles. The molecule has 2 aromatic rings. The minimum Gasteiger partial charge on any atom is -0.384 e. The van der Waals surface area contributed by atoms with Gasteiger partial charge >= 0.3 is 0 Å². The molecule has 2 nitrogen and oxygen atoms in total. The van der Waals surface area contributed by atoms with Crippen molar-refractivity contribution in [1.82, 2.24) is 4.98 Å². The van der Waals surface area contributed by atoms with Crippen LogP contribution in [-0.2, 0) is 0 Å². The molecule has 0 bridgehead atoms. The smallest absolute Gasteiger partial charge is 0.127 e. The van der Waals surface area contributed by atoms with E-state index in [0.717, 1.165) is 16.8 Å². The summed E-state index contributed by atoms with van der Waals surface area (Å²) in [5, 5.41) is 0.378. The average molecular weight is 251 g/mol. The van der Waals surface area contributed by atoms with Gasteiger partial charge in [0.15, 0.2) is 0 Å². The van der Waals surface area contributed by atoms with E-state index in [-0.39, 0.29) is 5.82 Å². The van der Waals surface area contributed by atoms with E-state index in [2.05, 4.69) is 4.98 Å². The summed E-state index contributed by atoms with van der Waals surface area (Å²) < 4.78 is 13.3. The molecule has 0 radical (unpaired) electrons. The van der Waals surface area contributed by atoms with Gasteiger partial charge < -0.3 is 5.73 Å². The Morgan fingerprint density at radius 2 is 1.88 bits per heavy atom. The Kier molecular flexibility index (Phi) is 3.03. The van der Waals surface area contributed by atoms with Crippen molar-refractivity contribution >= 4 is 17.4 Å². The van der Waals surface area contributed by atoms with Gasteiger partial charge in [0, 0.05) is 16.8 Å². The lowest BCUT2D eigenvalue weighted by Crippen LogP contribution is -1.95. The van der Waals surface area contributed by atoms with Gasteiger partial charge in [-0.3, -0.25) is 0 Å². The van der Waals surface area contributed by atoms with Crippen LogP contribution < -0.4 is 5.73 Å². The van der Waals surface area contributed by atoms with Gasteiger partial charge in [0.25, 0.3) is 0 Å². The van der Waals surface area contributed by atoms with E-state index in [1.807, 2.05) is 13.0 Å². The van der Waals surface area contributed by atoms with Gasteiger partial charge in [-0.1, -0.05) is 11.6 Å². The monoisotopic (exact) mass is 250 g/mol. The molecule has 4 heteroatoms. The molecular formula is C13H12ClFN2. The number of nitrogen functional groups attached to an aromatic ring is 1. The maximum Gasteiger partial charge on any atom is 0.127 e. The molecule has 2 rings (SSSR count). The number of anilines is 1. The second-order valence-electron chi connectivity index (χ2n) is 3.95. The minimum atomic E-state index is -0.306. The van der Waals surface area contributed by atoms with Gasteiger partial charge in [-0.15, -0.1) is 0 Å². The molecule has 1 heterocycles. The fourth-order valence-electron chi connectivity index (χ4n) is 1.73. The summed E-state index contributed by atoms with van der Waals surface area (Å²) in [7, 11) is 0. The molecule has 2 N–H and O–H groups in total. The Morgan fingerprint density at radius 3 is 2.53 bits per heavy atom. The number of halogens is 2. The van der Waals surface area contributed by atoms with Gasteiger partial charge in [-0.05, 0) is 43.7 Å². The first-order valence-electron chi connectivity index (χ1n) is 5.18. The largest absolute Gasteiger partial charge is 0.384 e. The van der Waals surface area contributed by atoms with Crippen LogP contribution >= 0.6 is 11.6 Å². The summed E-state index contributed by atoms with van der Waals surface area (Å²) in [6, 6.07) is 6.59. The summed E-state index contributed by atoms with van der Waals surface area (Å²) in [5.74, 6) is 0.154. The Balaban J connectivity index is 2.64. The predicted molar refractivity (Wildman–Crippen MR) is 68.5 cm³/mol. The van der Waals surface area contributed by atoms with Gasteiger partial charge in [0.1, 0.15) is 11.6 Å². The second-order valence-corrected chi connectivity index (χ2v) is 4.36. The van der Waals surface area contributed by atoms with E-state index in [9.17, 15) is 4.39 Å². The number of nitrogens with two attached hydrogens (primary N) is 1. The standard InChI is InChI=1S/C13H12ClFN2/c1-7-5-10(11(14)6-12(7)15)9-3-4-13(16)17-8(9)2/h3-6H,1-2H3,(H2,16,17). The molecule has 1 aromatic heterocycles. The lowest BCUT2D eigenvalue weighted by atomic mass is 10.0. The van der Waals surface area contributed by atoms with E-state index in [1.165, 1.54) is 6.07 Å². The van der Waals surface area contributed by atoms with Gasteiger partial charge in [-0.2, -0.15) is 0 Å². The van der Waals surface area contributed by atoms with E-state index in [4.69, 9.17) is 17.3 Å². The summed E-state index contributed by atoms with van der Waals surface area (Å²) in [6.45, 7) is 3.55. The first-order valence-corrected chi connectivity index (χ1v) is 5.56. The molecule has 0 spiro atoms. The number of pyridine rings is 1. The third-order valence-corrected chi connectivity index (χ3v) is 2.96. The summed E-state index contributed by atoms with van der Waals surface area (Å²) >= 11 is 6.05. The van der Waals surface area contributed by atoms with E-state index < -0.39 is 0 Å². The number of benzene rings is 1. The number of nitrogens with zero attached hydrogens (tertiary/aromatic N) is 1. The van der Waals surface area contributed by atoms with Crippen LogP contribution in [0.2, 0.25) is 5.02 Å². The van der Waals surface area contributed by atoms with Crippen LogP contribution in [0.1, 0.15) is 11.3 Å². The fraction of sp³-hybridized carbons (Fsp3) is 0.154. The zero-order chi connectivity index (χ0) is 12.6.